The number of Topliss-reactive ketones (excluding diaryl/α,β-unsaturated/α-hetero) is 1. The van der Waals surface area contributed by atoms with Gasteiger partial charge in [-0.25, -0.2) is 14.2 Å². The van der Waals surface area contributed by atoms with Crippen molar-refractivity contribution in [3.05, 3.63) is 93.8 Å². The number of methoxy groups -OCH3 is 1. The number of esters is 1. The number of ketones is 1. The number of thiazole rings is 1. The van der Waals surface area contributed by atoms with Gasteiger partial charge in [-0.15, -0.1) is 0 Å². The molecule has 1 aromatic heterocycles. The molecule has 190 valence electrons. The molecule has 0 radical (unpaired) electrons. The zero-order valence-electron chi connectivity index (χ0n) is 20.3. The third-order valence-corrected chi connectivity index (χ3v) is 6.95. The molecule has 37 heavy (non-hydrogen) atoms. The van der Waals surface area contributed by atoms with E-state index in [1.165, 1.54) is 31.4 Å². The van der Waals surface area contributed by atoms with Gasteiger partial charge in [0.05, 0.1) is 24.4 Å². The maximum atomic E-state index is 13.7. The van der Waals surface area contributed by atoms with E-state index < -0.39 is 35.3 Å². The fourth-order valence-corrected chi connectivity index (χ4v) is 5.06. The van der Waals surface area contributed by atoms with Crippen molar-refractivity contribution >= 4 is 39.9 Å². The Morgan fingerprint density at radius 3 is 2.54 bits per heavy atom. The van der Waals surface area contributed by atoms with Crippen LogP contribution in [0.2, 0.25) is 0 Å². The highest BCUT2D eigenvalue weighted by Crippen LogP contribution is 2.44. The SMILES string of the molecule is C=CCOc1ccc(/C(O)=C2/C(=O)C(=O)N(c3nc(C)c(C(=O)OC)s3)C2c2ccc(F)cc2)c(C)c1. The second kappa shape index (κ2) is 10.4. The standard InChI is InChI=1S/C27H23FN2O6S/c1-5-12-36-18-10-11-19(14(2)13-18)22(31)20-21(16-6-8-17(28)9-7-16)30(25(33)23(20)32)27-29-15(3)24(37-27)26(34)35-4/h5-11,13,21,31H,1,12H2,2-4H3/b22-20-. The highest BCUT2D eigenvalue weighted by atomic mass is 32.1. The van der Waals surface area contributed by atoms with Gasteiger partial charge in [-0.2, -0.15) is 0 Å². The molecule has 3 aromatic rings. The third-order valence-electron chi connectivity index (χ3n) is 5.81. The Hall–Kier alpha value is -4.31. The molecule has 2 heterocycles. The topological polar surface area (TPSA) is 106 Å². The van der Waals surface area contributed by atoms with E-state index in [1.807, 2.05) is 0 Å². The van der Waals surface area contributed by atoms with Crippen molar-refractivity contribution in [2.45, 2.75) is 19.9 Å². The number of aryl methyl sites for hydroxylation is 2. The lowest BCUT2D eigenvalue weighted by Crippen LogP contribution is -2.29. The molecular formula is C27H23FN2O6S. The molecule has 0 saturated carbocycles. The Bertz CT molecular complexity index is 1440. The molecular weight excluding hydrogens is 499 g/mol. The lowest BCUT2D eigenvalue weighted by Gasteiger charge is -2.23. The van der Waals surface area contributed by atoms with E-state index in [2.05, 4.69) is 11.6 Å². The molecule has 0 aliphatic carbocycles. The molecule has 1 aliphatic heterocycles. The van der Waals surface area contributed by atoms with Gasteiger partial charge in [0.2, 0.25) is 0 Å². The fraction of sp³-hybridized carbons (Fsp3) is 0.185. The van der Waals surface area contributed by atoms with Crippen LogP contribution in [0.25, 0.3) is 5.76 Å². The first-order valence-electron chi connectivity index (χ1n) is 11.1. The molecule has 1 fully saturated rings. The van der Waals surface area contributed by atoms with E-state index in [0.717, 1.165) is 16.2 Å². The first-order valence-corrected chi connectivity index (χ1v) is 12.0. The van der Waals surface area contributed by atoms with Gasteiger partial charge in [0.15, 0.2) is 5.13 Å². The molecule has 2 aromatic carbocycles. The van der Waals surface area contributed by atoms with Crippen LogP contribution >= 0.6 is 11.3 Å². The minimum atomic E-state index is -1.12. The molecule has 1 atom stereocenters. The van der Waals surface area contributed by atoms with Gasteiger partial charge in [-0.05, 0) is 55.3 Å². The average Bonchev–Trinajstić information content (AvgIpc) is 3.39. The Morgan fingerprint density at radius 2 is 1.92 bits per heavy atom. The summed E-state index contributed by atoms with van der Waals surface area (Å²) >= 11 is 0.883. The van der Waals surface area contributed by atoms with E-state index in [4.69, 9.17) is 9.47 Å². The van der Waals surface area contributed by atoms with Crippen LogP contribution in [0.4, 0.5) is 9.52 Å². The summed E-state index contributed by atoms with van der Waals surface area (Å²) in [4.78, 5) is 44.4. The van der Waals surface area contributed by atoms with Crippen LogP contribution in [0, 0.1) is 19.7 Å². The summed E-state index contributed by atoms with van der Waals surface area (Å²) in [5.74, 6) is -2.88. The summed E-state index contributed by atoms with van der Waals surface area (Å²) in [6.07, 6.45) is 1.60. The Morgan fingerprint density at radius 1 is 1.22 bits per heavy atom. The van der Waals surface area contributed by atoms with Crippen molar-refractivity contribution < 1.29 is 33.4 Å². The summed E-state index contributed by atoms with van der Waals surface area (Å²) in [6, 6.07) is 9.02. The second-order valence-corrected chi connectivity index (χ2v) is 9.18. The van der Waals surface area contributed by atoms with Crippen LogP contribution in [-0.4, -0.2) is 41.5 Å². The maximum Gasteiger partial charge on any atom is 0.350 e. The van der Waals surface area contributed by atoms with Crippen molar-refractivity contribution in [1.82, 2.24) is 4.98 Å². The predicted molar refractivity (Wildman–Crippen MR) is 136 cm³/mol. The number of carbonyl (C=O) groups is 3. The number of aliphatic hydroxyl groups excluding tert-OH is 1. The molecule has 8 nitrogen and oxygen atoms in total. The number of hydrogen-bond acceptors (Lipinski definition) is 8. The Kier molecular flexibility index (Phi) is 7.21. The van der Waals surface area contributed by atoms with Crippen molar-refractivity contribution in [3.63, 3.8) is 0 Å². The fourth-order valence-electron chi connectivity index (χ4n) is 4.05. The molecule has 1 unspecified atom stereocenters. The number of aliphatic hydroxyl groups is 1. The minimum Gasteiger partial charge on any atom is -0.507 e. The summed E-state index contributed by atoms with van der Waals surface area (Å²) in [5, 5.41) is 11.4. The van der Waals surface area contributed by atoms with Gasteiger partial charge in [-0.3, -0.25) is 14.5 Å². The zero-order chi connectivity index (χ0) is 26.9. The number of aromatic nitrogens is 1. The summed E-state index contributed by atoms with van der Waals surface area (Å²) in [5.41, 5.74) is 1.42. The van der Waals surface area contributed by atoms with Crippen molar-refractivity contribution in [2.75, 3.05) is 18.6 Å². The van der Waals surface area contributed by atoms with Crippen LogP contribution < -0.4 is 9.64 Å². The van der Waals surface area contributed by atoms with Gasteiger partial charge in [0.25, 0.3) is 5.78 Å². The number of halogens is 1. The minimum absolute atomic E-state index is 0.0678. The molecule has 0 spiro atoms. The molecule has 0 bridgehead atoms. The molecule has 4 rings (SSSR count). The Balaban J connectivity index is 1.89. The molecule has 1 aliphatic rings. The molecule has 1 amide bonds. The van der Waals surface area contributed by atoms with Gasteiger partial charge in [0, 0.05) is 5.56 Å². The summed E-state index contributed by atoms with van der Waals surface area (Å²) < 4.78 is 24.1. The first kappa shape index (κ1) is 25.8. The first-order chi connectivity index (χ1) is 17.7. The number of nitrogens with zero attached hydrogens (tertiary/aromatic N) is 2. The van der Waals surface area contributed by atoms with Crippen molar-refractivity contribution in [2.24, 2.45) is 0 Å². The normalized spacial score (nSPS) is 16.6. The quantitative estimate of drug-likeness (QED) is 0.155. The highest BCUT2D eigenvalue weighted by molar-refractivity contribution is 7.17. The monoisotopic (exact) mass is 522 g/mol. The van der Waals surface area contributed by atoms with E-state index in [9.17, 15) is 23.9 Å². The smallest absolute Gasteiger partial charge is 0.350 e. The number of rotatable bonds is 7. The van der Waals surface area contributed by atoms with Crippen molar-refractivity contribution in [3.8, 4) is 5.75 Å². The number of carbonyl (C=O) groups excluding carboxylic acids is 3. The van der Waals surface area contributed by atoms with Gasteiger partial charge < -0.3 is 14.6 Å². The van der Waals surface area contributed by atoms with E-state index >= 15 is 0 Å². The molecule has 1 saturated heterocycles. The largest absolute Gasteiger partial charge is 0.507 e. The maximum absolute atomic E-state index is 13.7. The highest BCUT2D eigenvalue weighted by Gasteiger charge is 2.48. The van der Waals surface area contributed by atoms with Gasteiger partial charge >= 0.3 is 11.9 Å². The molecule has 1 N–H and O–H groups in total. The van der Waals surface area contributed by atoms with E-state index in [1.54, 1.807) is 38.1 Å². The predicted octanol–water partition coefficient (Wildman–Crippen LogP) is 4.88. The second-order valence-electron chi connectivity index (χ2n) is 8.20. The van der Waals surface area contributed by atoms with E-state index in [-0.39, 0.29) is 15.6 Å². The van der Waals surface area contributed by atoms with Crippen LogP contribution in [0.1, 0.15) is 38.1 Å². The summed E-state index contributed by atoms with van der Waals surface area (Å²) in [7, 11) is 1.22. The third kappa shape index (κ3) is 4.75. The lowest BCUT2D eigenvalue weighted by molar-refractivity contribution is -0.132. The number of amides is 1. The number of anilines is 1. The van der Waals surface area contributed by atoms with Gasteiger partial charge in [0.1, 0.15) is 28.8 Å². The number of ether oxygens (including phenoxy) is 2. The van der Waals surface area contributed by atoms with Gasteiger partial charge in [-0.1, -0.05) is 36.1 Å². The zero-order valence-corrected chi connectivity index (χ0v) is 21.1. The molecule has 10 heteroatoms. The van der Waals surface area contributed by atoms with Crippen LogP contribution in [0.3, 0.4) is 0 Å². The number of benzene rings is 2. The van der Waals surface area contributed by atoms with Crippen LogP contribution in [-0.2, 0) is 14.3 Å². The Labute approximate surface area is 216 Å². The van der Waals surface area contributed by atoms with Crippen LogP contribution in [0.15, 0.2) is 60.7 Å². The van der Waals surface area contributed by atoms with E-state index in [0.29, 0.717) is 34.7 Å². The van der Waals surface area contributed by atoms with Crippen LogP contribution in [0.5, 0.6) is 5.75 Å². The average molecular weight is 523 g/mol. The number of hydrogen-bond donors (Lipinski definition) is 1. The summed E-state index contributed by atoms with van der Waals surface area (Å²) in [6.45, 7) is 7.21. The van der Waals surface area contributed by atoms with Crippen molar-refractivity contribution in [1.29, 1.82) is 0 Å². The lowest BCUT2D eigenvalue weighted by atomic mass is 9.94.